The minimum Gasteiger partial charge on any atom is -0.371 e. The Kier molecular flexibility index (Phi) is 6.73. The zero-order valence-electron chi connectivity index (χ0n) is 17.4. The molecule has 0 radical (unpaired) electrons. The minimum absolute atomic E-state index is 0.438. The topological polar surface area (TPSA) is 6.48 Å². The van der Waals surface area contributed by atoms with Crippen LogP contribution in [0.1, 0.15) is 54.8 Å². The molecule has 0 amide bonds. The summed E-state index contributed by atoms with van der Waals surface area (Å²) in [5, 5.41) is 0.714. The third kappa shape index (κ3) is 4.45. The van der Waals surface area contributed by atoms with Gasteiger partial charge in [-0.1, -0.05) is 55.5 Å². The van der Waals surface area contributed by atoms with Crippen LogP contribution in [0, 0.1) is 5.92 Å². The molecule has 2 nitrogen and oxygen atoms in total. The molecule has 0 N–H and O–H groups in total. The molecule has 1 atom stereocenters. The van der Waals surface area contributed by atoms with E-state index in [0.29, 0.717) is 22.9 Å². The lowest BCUT2D eigenvalue weighted by Gasteiger charge is -2.43. The van der Waals surface area contributed by atoms with E-state index >= 15 is 0 Å². The minimum atomic E-state index is 0.438. The fourth-order valence-electron chi connectivity index (χ4n) is 5.05. The fourth-order valence-corrected chi connectivity index (χ4v) is 5.69. The Hall–Kier alpha value is -1.22. The first-order valence-electron chi connectivity index (χ1n) is 11.0. The molecule has 2 heterocycles. The van der Waals surface area contributed by atoms with Gasteiger partial charge in [-0.2, -0.15) is 0 Å². The van der Waals surface area contributed by atoms with Crippen LogP contribution in [0.3, 0.4) is 0 Å². The van der Waals surface area contributed by atoms with E-state index in [0.717, 1.165) is 24.7 Å². The Morgan fingerprint density at radius 2 is 1.97 bits per heavy atom. The number of hydrogen-bond donors (Lipinski definition) is 0. The van der Waals surface area contributed by atoms with E-state index in [4.69, 9.17) is 23.2 Å². The highest BCUT2D eigenvalue weighted by atomic mass is 35.5. The molecule has 0 aromatic heterocycles. The summed E-state index contributed by atoms with van der Waals surface area (Å²) in [5.74, 6) is 1.90. The number of hydrogen-bond acceptors (Lipinski definition) is 2. The number of rotatable bonds is 6. The van der Waals surface area contributed by atoms with Crippen LogP contribution in [-0.2, 0) is 6.42 Å². The van der Waals surface area contributed by atoms with Crippen molar-refractivity contribution in [1.29, 1.82) is 0 Å². The molecule has 1 unspecified atom stereocenters. The monoisotopic (exact) mass is 430 g/mol. The van der Waals surface area contributed by atoms with Crippen molar-refractivity contribution in [3.63, 3.8) is 0 Å². The van der Waals surface area contributed by atoms with Crippen LogP contribution in [0.2, 0.25) is 0 Å². The van der Waals surface area contributed by atoms with Gasteiger partial charge in [0, 0.05) is 30.7 Å². The zero-order valence-corrected chi connectivity index (χ0v) is 18.9. The molecule has 4 rings (SSSR count). The Labute approximate surface area is 185 Å². The summed E-state index contributed by atoms with van der Waals surface area (Å²) in [7, 11) is 0. The van der Waals surface area contributed by atoms with Gasteiger partial charge in [0.25, 0.3) is 0 Å². The van der Waals surface area contributed by atoms with Crippen molar-refractivity contribution in [3.8, 4) is 0 Å². The molecule has 0 spiro atoms. The van der Waals surface area contributed by atoms with Gasteiger partial charge in [0.15, 0.2) is 0 Å². The molecule has 2 saturated heterocycles. The first-order valence-corrected chi connectivity index (χ1v) is 11.9. The molecule has 0 saturated carbocycles. The van der Waals surface area contributed by atoms with Crippen LogP contribution in [0.4, 0.5) is 0 Å². The average molecular weight is 431 g/mol. The molecule has 3 aliphatic rings. The second-order valence-corrected chi connectivity index (χ2v) is 9.53. The van der Waals surface area contributed by atoms with Crippen LogP contribution in [0.5, 0.6) is 0 Å². The molecule has 2 fully saturated rings. The van der Waals surface area contributed by atoms with Gasteiger partial charge in [-0.15, -0.1) is 11.6 Å². The standard InChI is InChI=1S/C25H32Cl2N2/c1-3-4-5-23(27)25(15-26)29-16-21(17-29)19-6-8-22-20(14-19)7-9-24(22)28-12-10-18(2)11-13-28/h3-6,8,14,18,21,24H,1,7,9-13,15-17H2,2H3/b5-4-,25-23-. The first-order chi connectivity index (χ1) is 14.1. The number of halogens is 2. The van der Waals surface area contributed by atoms with Crippen LogP contribution in [0.25, 0.3) is 0 Å². The van der Waals surface area contributed by atoms with E-state index in [2.05, 4.69) is 41.5 Å². The molecule has 0 bridgehead atoms. The largest absolute Gasteiger partial charge is 0.371 e. The van der Waals surface area contributed by atoms with E-state index in [1.54, 1.807) is 17.2 Å². The Morgan fingerprint density at radius 1 is 1.21 bits per heavy atom. The third-order valence-electron chi connectivity index (χ3n) is 6.99. The highest BCUT2D eigenvalue weighted by Crippen LogP contribution is 2.40. The number of allylic oxidation sites excluding steroid dienone is 5. The van der Waals surface area contributed by atoms with Gasteiger partial charge in [-0.3, -0.25) is 4.90 Å². The summed E-state index contributed by atoms with van der Waals surface area (Å²) in [5.41, 5.74) is 5.64. The molecule has 4 heteroatoms. The second-order valence-electron chi connectivity index (χ2n) is 8.86. The molecule has 2 aliphatic heterocycles. The fraction of sp³-hybridized carbons (Fsp3) is 0.520. The second kappa shape index (κ2) is 9.29. The van der Waals surface area contributed by atoms with Crippen LogP contribution < -0.4 is 0 Å². The number of likely N-dealkylation sites (tertiary alicyclic amines) is 2. The van der Waals surface area contributed by atoms with E-state index < -0.39 is 0 Å². The summed E-state index contributed by atoms with van der Waals surface area (Å²) in [6.07, 6.45) is 10.7. The number of aryl methyl sites for hydroxylation is 1. The molecule has 156 valence electrons. The Morgan fingerprint density at radius 3 is 2.66 bits per heavy atom. The lowest BCUT2D eigenvalue weighted by Crippen LogP contribution is -2.44. The lowest BCUT2D eigenvalue weighted by atomic mass is 9.88. The molecular weight excluding hydrogens is 399 g/mol. The van der Waals surface area contributed by atoms with Gasteiger partial charge in [-0.05, 0) is 67.5 Å². The van der Waals surface area contributed by atoms with Crippen molar-refractivity contribution < 1.29 is 0 Å². The SMILES string of the molecule is C=C/C=C\C(Cl)=C(/CCl)N1CC(c2ccc3c(c2)CCC3N2CCC(C)CC2)C1. The lowest BCUT2D eigenvalue weighted by molar-refractivity contribution is 0.137. The summed E-state index contributed by atoms with van der Waals surface area (Å²) >= 11 is 12.6. The normalized spacial score (nSPS) is 24.5. The van der Waals surface area contributed by atoms with E-state index in [9.17, 15) is 0 Å². The third-order valence-corrected chi connectivity index (χ3v) is 7.58. The zero-order chi connectivity index (χ0) is 20.4. The van der Waals surface area contributed by atoms with Crippen LogP contribution >= 0.6 is 23.2 Å². The highest BCUT2D eigenvalue weighted by molar-refractivity contribution is 6.32. The Bertz CT molecular complexity index is 799. The van der Waals surface area contributed by atoms with Gasteiger partial charge in [0.05, 0.1) is 10.9 Å². The van der Waals surface area contributed by atoms with Gasteiger partial charge in [-0.25, -0.2) is 0 Å². The maximum absolute atomic E-state index is 6.42. The van der Waals surface area contributed by atoms with Crippen molar-refractivity contribution in [3.05, 3.63) is 70.4 Å². The molecule has 1 aliphatic carbocycles. The Balaban J connectivity index is 1.41. The number of benzene rings is 1. The van der Waals surface area contributed by atoms with Gasteiger partial charge in [0.2, 0.25) is 0 Å². The van der Waals surface area contributed by atoms with E-state index in [-0.39, 0.29) is 0 Å². The summed E-state index contributed by atoms with van der Waals surface area (Å²) in [6.45, 7) is 10.6. The molecule has 1 aromatic rings. The van der Waals surface area contributed by atoms with Gasteiger partial charge >= 0.3 is 0 Å². The number of fused-ring (bicyclic) bond motifs is 1. The summed E-state index contributed by atoms with van der Waals surface area (Å²) in [4.78, 5) is 5.03. The molecular formula is C25H32Cl2N2. The van der Waals surface area contributed by atoms with Crippen LogP contribution in [-0.4, -0.2) is 41.9 Å². The van der Waals surface area contributed by atoms with Crippen molar-refractivity contribution in [2.75, 3.05) is 32.1 Å². The maximum Gasteiger partial charge on any atom is 0.0639 e. The predicted molar refractivity (Wildman–Crippen MR) is 125 cm³/mol. The number of piperidine rings is 1. The van der Waals surface area contributed by atoms with Crippen molar-refractivity contribution >= 4 is 23.2 Å². The smallest absolute Gasteiger partial charge is 0.0639 e. The van der Waals surface area contributed by atoms with Crippen molar-refractivity contribution in [2.45, 2.75) is 44.6 Å². The molecule has 29 heavy (non-hydrogen) atoms. The van der Waals surface area contributed by atoms with Gasteiger partial charge in [0.1, 0.15) is 0 Å². The highest BCUT2D eigenvalue weighted by Gasteiger charge is 2.33. The summed E-state index contributed by atoms with van der Waals surface area (Å²) in [6, 6.07) is 7.91. The van der Waals surface area contributed by atoms with E-state index in [1.165, 1.54) is 44.3 Å². The van der Waals surface area contributed by atoms with Crippen molar-refractivity contribution in [1.82, 2.24) is 9.80 Å². The number of nitrogens with zero attached hydrogens (tertiary/aromatic N) is 2. The quantitative estimate of drug-likeness (QED) is 0.389. The predicted octanol–water partition coefficient (Wildman–Crippen LogP) is 6.24. The molecule has 1 aromatic carbocycles. The average Bonchev–Trinajstić information content (AvgIpc) is 3.12. The number of alkyl halides is 1. The van der Waals surface area contributed by atoms with E-state index in [1.807, 2.05) is 12.2 Å². The van der Waals surface area contributed by atoms with Crippen LogP contribution in [0.15, 0.2) is 53.7 Å². The summed E-state index contributed by atoms with van der Waals surface area (Å²) < 4.78 is 0. The van der Waals surface area contributed by atoms with Crippen molar-refractivity contribution in [2.24, 2.45) is 5.92 Å². The van der Waals surface area contributed by atoms with Gasteiger partial charge < -0.3 is 4.90 Å². The first kappa shape index (κ1) is 21.0. The maximum atomic E-state index is 6.42.